The molecule has 1 fully saturated rings. The fourth-order valence-electron chi connectivity index (χ4n) is 3.51. The molecule has 1 aliphatic rings. The van der Waals surface area contributed by atoms with Crippen molar-refractivity contribution in [1.29, 1.82) is 0 Å². The molecule has 144 valence electrons. The van der Waals surface area contributed by atoms with E-state index in [4.69, 9.17) is 11.6 Å². The van der Waals surface area contributed by atoms with Crippen molar-refractivity contribution in [3.05, 3.63) is 58.1 Å². The maximum atomic E-state index is 13.1. The van der Waals surface area contributed by atoms with Gasteiger partial charge in [0.25, 0.3) is 5.56 Å². The van der Waals surface area contributed by atoms with Crippen molar-refractivity contribution in [2.24, 2.45) is 0 Å². The zero-order chi connectivity index (χ0) is 19.5. The van der Waals surface area contributed by atoms with Gasteiger partial charge in [-0.3, -0.25) is 14.2 Å². The first kappa shape index (κ1) is 19.0. The summed E-state index contributed by atoms with van der Waals surface area (Å²) in [6, 6.07) is 10.9. The van der Waals surface area contributed by atoms with Crippen LogP contribution in [0.25, 0.3) is 10.9 Å². The summed E-state index contributed by atoms with van der Waals surface area (Å²) < 4.78 is 1.78. The number of rotatable bonds is 5. The number of hydrogen-bond donors (Lipinski definition) is 1. The van der Waals surface area contributed by atoms with Crippen LogP contribution in [0.2, 0.25) is 5.15 Å². The monoisotopic (exact) mass is 414 g/mol. The maximum Gasteiger partial charge on any atom is 0.262 e. The lowest BCUT2D eigenvalue weighted by Gasteiger charge is -2.18. The normalized spacial score (nSPS) is 14.5. The molecule has 4 rings (SSSR count). The van der Waals surface area contributed by atoms with Crippen LogP contribution in [0.15, 0.2) is 52.5 Å². The van der Waals surface area contributed by atoms with Crippen LogP contribution in [0.5, 0.6) is 0 Å². The molecule has 1 aromatic carbocycles. The number of benzene rings is 1. The van der Waals surface area contributed by atoms with E-state index in [1.807, 2.05) is 24.3 Å². The molecule has 0 radical (unpaired) electrons. The summed E-state index contributed by atoms with van der Waals surface area (Å²) in [5.74, 6) is -0.0943. The second-order valence-corrected chi connectivity index (χ2v) is 8.00. The highest BCUT2D eigenvalue weighted by atomic mass is 35.5. The van der Waals surface area contributed by atoms with Crippen LogP contribution >= 0.6 is 23.4 Å². The van der Waals surface area contributed by atoms with Crippen molar-refractivity contribution in [1.82, 2.24) is 14.5 Å². The first-order valence-corrected chi connectivity index (χ1v) is 10.5. The molecule has 28 heavy (non-hydrogen) atoms. The standard InChI is InChI=1S/C20H19ClN4O2S/c21-18-16(10-5-11-22-18)23-17(26)12-28-20-24-15-9-4-3-8-14(15)19(27)25(20)13-6-1-2-7-13/h3-5,8-11,13H,1-2,6-7,12H2,(H,23,26). The van der Waals surface area contributed by atoms with Crippen molar-refractivity contribution >= 4 is 45.9 Å². The van der Waals surface area contributed by atoms with E-state index in [9.17, 15) is 9.59 Å². The largest absolute Gasteiger partial charge is 0.323 e. The van der Waals surface area contributed by atoms with Crippen LogP contribution in [0.3, 0.4) is 0 Å². The number of pyridine rings is 1. The zero-order valence-corrected chi connectivity index (χ0v) is 16.7. The average molecular weight is 415 g/mol. The Hall–Kier alpha value is -2.38. The maximum absolute atomic E-state index is 13.1. The summed E-state index contributed by atoms with van der Waals surface area (Å²) in [6.45, 7) is 0. The first-order valence-electron chi connectivity index (χ1n) is 9.18. The minimum Gasteiger partial charge on any atom is -0.323 e. The van der Waals surface area contributed by atoms with Gasteiger partial charge in [-0.05, 0) is 37.1 Å². The van der Waals surface area contributed by atoms with Gasteiger partial charge < -0.3 is 5.32 Å². The van der Waals surface area contributed by atoms with E-state index in [-0.39, 0.29) is 28.4 Å². The van der Waals surface area contributed by atoms with E-state index in [1.54, 1.807) is 22.9 Å². The summed E-state index contributed by atoms with van der Waals surface area (Å²) in [6.07, 6.45) is 5.70. The molecular formula is C20H19ClN4O2S. The summed E-state index contributed by atoms with van der Waals surface area (Å²) in [4.78, 5) is 34.1. The summed E-state index contributed by atoms with van der Waals surface area (Å²) in [7, 11) is 0. The Morgan fingerprint density at radius 2 is 2.00 bits per heavy atom. The molecule has 8 heteroatoms. The molecule has 0 aliphatic heterocycles. The number of amides is 1. The molecule has 0 spiro atoms. The van der Waals surface area contributed by atoms with Gasteiger partial charge in [0.15, 0.2) is 10.3 Å². The number of halogens is 1. The number of carbonyl (C=O) groups excluding carboxylic acids is 1. The van der Waals surface area contributed by atoms with Crippen LogP contribution in [0, 0.1) is 0 Å². The van der Waals surface area contributed by atoms with Gasteiger partial charge in [-0.15, -0.1) is 0 Å². The van der Waals surface area contributed by atoms with Gasteiger partial charge in [0, 0.05) is 12.2 Å². The Kier molecular flexibility index (Phi) is 5.64. The van der Waals surface area contributed by atoms with Crippen LogP contribution in [-0.2, 0) is 4.79 Å². The SMILES string of the molecule is O=C(CSc1nc2ccccc2c(=O)n1C1CCCC1)Nc1cccnc1Cl. The molecule has 6 nitrogen and oxygen atoms in total. The van der Waals surface area contributed by atoms with Gasteiger partial charge in [0.2, 0.25) is 5.91 Å². The minimum atomic E-state index is -0.222. The number of para-hydroxylation sites is 1. The van der Waals surface area contributed by atoms with Crippen molar-refractivity contribution in [2.75, 3.05) is 11.1 Å². The molecule has 3 aromatic rings. The van der Waals surface area contributed by atoms with E-state index in [2.05, 4.69) is 15.3 Å². The number of fused-ring (bicyclic) bond motifs is 1. The third-order valence-electron chi connectivity index (χ3n) is 4.83. The fourth-order valence-corrected chi connectivity index (χ4v) is 4.54. The highest BCUT2D eigenvalue weighted by Crippen LogP contribution is 2.32. The lowest BCUT2D eigenvalue weighted by atomic mass is 10.2. The van der Waals surface area contributed by atoms with E-state index in [0.29, 0.717) is 21.7 Å². The van der Waals surface area contributed by atoms with E-state index in [0.717, 1.165) is 25.7 Å². The Balaban J connectivity index is 1.60. The van der Waals surface area contributed by atoms with Crippen molar-refractivity contribution < 1.29 is 4.79 Å². The number of anilines is 1. The van der Waals surface area contributed by atoms with Gasteiger partial charge in [-0.1, -0.05) is 48.3 Å². The lowest BCUT2D eigenvalue weighted by molar-refractivity contribution is -0.113. The highest BCUT2D eigenvalue weighted by Gasteiger charge is 2.23. The summed E-state index contributed by atoms with van der Waals surface area (Å²) in [5, 5.41) is 4.20. The molecule has 2 aromatic heterocycles. The number of hydrogen-bond acceptors (Lipinski definition) is 5. The van der Waals surface area contributed by atoms with E-state index >= 15 is 0 Å². The Bertz CT molecular complexity index is 1080. The molecule has 0 saturated heterocycles. The summed E-state index contributed by atoms with van der Waals surface area (Å²) in [5.41, 5.74) is 1.09. The molecule has 1 aliphatic carbocycles. The summed E-state index contributed by atoms with van der Waals surface area (Å²) >= 11 is 7.26. The molecule has 2 heterocycles. The third kappa shape index (κ3) is 3.91. The molecule has 0 atom stereocenters. The van der Waals surface area contributed by atoms with Crippen molar-refractivity contribution in [3.63, 3.8) is 0 Å². The zero-order valence-electron chi connectivity index (χ0n) is 15.1. The number of nitrogens with one attached hydrogen (secondary N) is 1. The number of nitrogens with zero attached hydrogens (tertiary/aromatic N) is 3. The molecule has 0 bridgehead atoms. The number of thioether (sulfide) groups is 1. The highest BCUT2D eigenvalue weighted by molar-refractivity contribution is 7.99. The van der Waals surface area contributed by atoms with E-state index < -0.39 is 0 Å². The van der Waals surface area contributed by atoms with Gasteiger partial charge in [-0.2, -0.15) is 0 Å². The molecule has 1 saturated carbocycles. The predicted molar refractivity (Wildman–Crippen MR) is 112 cm³/mol. The topological polar surface area (TPSA) is 76.9 Å². The lowest BCUT2D eigenvalue weighted by Crippen LogP contribution is -2.27. The van der Waals surface area contributed by atoms with Gasteiger partial charge in [0.1, 0.15) is 0 Å². The smallest absolute Gasteiger partial charge is 0.262 e. The molecule has 0 unspecified atom stereocenters. The predicted octanol–water partition coefficient (Wildman–Crippen LogP) is 4.29. The second-order valence-electron chi connectivity index (χ2n) is 6.70. The van der Waals surface area contributed by atoms with Crippen LogP contribution in [-0.4, -0.2) is 26.2 Å². The van der Waals surface area contributed by atoms with Gasteiger partial charge >= 0.3 is 0 Å². The van der Waals surface area contributed by atoms with Gasteiger partial charge in [0.05, 0.1) is 22.3 Å². The quantitative estimate of drug-likeness (QED) is 0.383. The average Bonchev–Trinajstić information content (AvgIpc) is 3.22. The Labute approximate surface area is 171 Å². The minimum absolute atomic E-state index is 0.0317. The van der Waals surface area contributed by atoms with Gasteiger partial charge in [-0.25, -0.2) is 9.97 Å². The first-order chi connectivity index (χ1) is 13.6. The Morgan fingerprint density at radius 3 is 2.79 bits per heavy atom. The van der Waals surface area contributed by atoms with Crippen LogP contribution in [0.4, 0.5) is 5.69 Å². The van der Waals surface area contributed by atoms with Crippen LogP contribution in [0.1, 0.15) is 31.7 Å². The van der Waals surface area contributed by atoms with E-state index in [1.165, 1.54) is 11.8 Å². The molecule has 1 amide bonds. The number of carbonyl (C=O) groups is 1. The molecule has 1 N–H and O–H groups in total. The third-order valence-corrected chi connectivity index (χ3v) is 6.08. The fraction of sp³-hybridized carbons (Fsp3) is 0.300. The number of aromatic nitrogens is 3. The Morgan fingerprint density at radius 1 is 1.21 bits per heavy atom. The van der Waals surface area contributed by atoms with Crippen LogP contribution < -0.4 is 10.9 Å². The van der Waals surface area contributed by atoms with Crippen molar-refractivity contribution in [3.8, 4) is 0 Å². The van der Waals surface area contributed by atoms with Crippen molar-refractivity contribution in [2.45, 2.75) is 36.9 Å². The second kappa shape index (κ2) is 8.32. The molecular weight excluding hydrogens is 396 g/mol.